The Morgan fingerprint density at radius 1 is 0.764 bits per heavy atom. The predicted octanol–water partition coefficient (Wildman–Crippen LogP) is 11.1. The second kappa shape index (κ2) is 16.6. The lowest BCUT2D eigenvalue weighted by Crippen LogP contribution is -2.35. The maximum Gasteiger partial charge on any atom is 0.431 e. The van der Waals surface area contributed by atoms with Crippen molar-refractivity contribution in [2.24, 2.45) is 0 Å². The molecule has 0 aliphatic carbocycles. The highest BCUT2D eigenvalue weighted by Crippen LogP contribution is 2.42. The van der Waals surface area contributed by atoms with Crippen molar-refractivity contribution in [2.45, 2.75) is 79.4 Å². The molecule has 55 heavy (non-hydrogen) atoms. The Hall–Kier alpha value is -4.69. The maximum atomic E-state index is 14.2. The minimum atomic E-state index is -4.69. The molecule has 0 radical (unpaired) electrons. The largest absolute Gasteiger partial charge is 0.431 e. The molecule has 3 heterocycles. The van der Waals surface area contributed by atoms with Gasteiger partial charge in [0.1, 0.15) is 22.8 Å². The van der Waals surface area contributed by atoms with E-state index in [1.165, 1.54) is 23.6 Å². The van der Waals surface area contributed by atoms with E-state index in [1.54, 1.807) is 103 Å². The number of benzene rings is 2. The molecule has 0 fully saturated rings. The van der Waals surface area contributed by atoms with E-state index in [4.69, 9.17) is 27.7 Å². The highest BCUT2D eigenvalue weighted by atomic mass is 35.5. The monoisotopic (exact) mass is 811 g/mol. The molecule has 0 spiro atoms. The third-order valence-electron chi connectivity index (χ3n) is 9.17. The number of halogens is 8. The fraction of sp³-hybridized carbons (Fsp3) is 0.359. The molecule has 8 nitrogen and oxygen atoms in total. The van der Waals surface area contributed by atoms with Gasteiger partial charge >= 0.3 is 12.4 Å². The number of nitrogens with one attached hydrogen (secondary N) is 1. The SMILES string of the molecule is Cc1c(C(F)(F)F)[nH]c(C(=O)N(C)C(C)C)c1-c1ccc(Cl)cc1.Cc1cc(Cn2c(C(=O)N(C)C(C)C)c(-c3ccc(Cl)cc3)c(C)c2C(F)(F)F)on1. The fourth-order valence-corrected chi connectivity index (χ4v) is 6.19. The number of carbonyl (C=O) groups excluding carboxylic acids is 2. The van der Waals surface area contributed by atoms with E-state index in [0.29, 0.717) is 26.9 Å². The number of hydrogen-bond donors (Lipinski definition) is 1. The zero-order chi connectivity index (χ0) is 41.3. The van der Waals surface area contributed by atoms with Gasteiger partial charge in [0.25, 0.3) is 11.8 Å². The number of alkyl halides is 6. The van der Waals surface area contributed by atoms with Crippen molar-refractivity contribution < 1.29 is 40.5 Å². The van der Waals surface area contributed by atoms with E-state index >= 15 is 0 Å². The van der Waals surface area contributed by atoms with E-state index in [9.17, 15) is 35.9 Å². The summed E-state index contributed by atoms with van der Waals surface area (Å²) < 4.78 is 88.6. The van der Waals surface area contributed by atoms with Crippen LogP contribution in [0.25, 0.3) is 22.3 Å². The summed E-state index contributed by atoms with van der Waals surface area (Å²) in [4.78, 5) is 31.2. The molecule has 2 aromatic carbocycles. The van der Waals surface area contributed by atoms with E-state index in [2.05, 4.69) is 10.1 Å². The minimum Gasteiger partial charge on any atom is -0.359 e. The molecule has 3 aromatic heterocycles. The van der Waals surface area contributed by atoms with Gasteiger partial charge in [0.2, 0.25) is 0 Å². The van der Waals surface area contributed by atoms with E-state index < -0.39 is 35.6 Å². The van der Waals surface area contributed by atoms with Crippen molar-refractivity contribution in [3.63, 3.8) is 0 Å². The van der Waals surface area contributed by atoms with Gasteiger partial charge in [-0.1, -0.05) is 52.6 Å². The molecule has 16 heteroatoms. The van der Waals surface area contributed by atoms with Crippen LogP contribution in [0.2, 0.25) is 10.0 Å². The molecule has 0 bridgehead atoms. The lowest BCUT2D eigenvalue weighted by atomic mass is 10.00. The van der Waals surface area contributed by atoms with Crippen LogP contribution in [0.5, 0.6) is 0 Å². The summed E-state index contributed by atoms with van der Waals surface area (Å²) in [6, 6.07) is 14.0. The van der Waals surface area contributed by atoms with Gasteiger partial charge in [0, 0.05) is 53.4 Å². The Morgan fingerprint density at radius 2 is 1.24 bits per heavy atom. The van der Waals surface area contributed by atoms with Crippen molar-refractivity contribution in [3.8, 4) is 22.3 Å². The van der Waals surface area contributed by atoms with Crippen LogP contribution >= 0.6 is 23.2 Å². The average molecular weight is 813 g/mol. The van der Waals surface area contributed by atoms with E-state index in [1.807, 2.05) is 0 Å². The van der Waals surface area contributed by atoms with Crippen LogP contribution in [-0.4, -0.2) is 62.5 Å². The molecule has 0 atom stereocenters. The fourth-order valence-electron chi connectivity index (χ4n) is 5.94. The molecule has 0 saturated carbocycles. The van der Waals surface area contributed by atoms with E-state index in [-0.39, 0.29) is 58.0 Å². The lowest BCUT2D eigenvalue weighted by Gasteiger charge is -2.23. The number of H-pyrrole nitrogens is 1. The number of rotatable bonds is 8. The molecule has 0 aliphatic heterocycles. The summed E-state index contributed by atoms with van der Waals surface area (Å²) in [5.41, 5.74) is 0.00364. The van der Waals surface area contributed by atoms with Gasteiger partial charge in [0.15, 0.2) is 5.76 Å². The Morgan fingerprint density at radius 3 is 1.65 bits per heavy atom. The number of aryl methyl sites for hydroxylation is 1. The smallest absolute Gasteiger partial charge is 0.359 e. The zero-order valence-corrected chi connectivity index (χ0v) is 33.1. The molecule has 0 aliphatic rings. The van der Waals surface area contributed by atoms with Gasteiger partial charge in [-0.2, -0.15) is 26.3 Å². The van der Waals surface area contributed by atoms with Gasteiger partial charge in [0.05, 0.1) is 12.2 Å². The van der Waals surface area contributed by atoms with Crippen LogP contribution in [0.1, 0.15) is 82.6 Å². The van der Waals surface area contributed by atoms with Crippen molar-refractivity contribution in [1.29, 1.82) is 0 Å². The molecule has 296 valence electrons. The Balaban J connectivity index is 0.000000253. The first-order valence-electron chi connectivity index (χ1n) is 17.0. The molecule has 5 aromatic rings. The quantitative estimate of drug-likeness (QED) is 0.158. The predicted molar refractivity (Wildman–Crippen MR) is 200 cm³/mol. The third kappa shape index (κ3) is 9.41. The summed E-state index contributed by atoms with van der Waals surface area (Å²) in [5.74, 6) is -0.787. The molecule has 0 unspecified atom stereocenters. The van der Waals surface area contributed by atoms with Crippen LogP contribution in [-0.2, 0) is 18.9 Å². The van der Waals surface area contributed by atoms with Gasteiger partial charge in [-0.05, 0) is 95.0 Å². The van der Waals surface area contributed by atoms with Gasteiger partial charge in [-0.15, -0.1) is 0 Å². The van der Waals surface area contributed by atoms with Crippen molar-refractivity contribution in [3.05, 3.63) is 110 Å². The molecule has 0 saturated heterocycles. The number of amides is 2. The summed E-state index contributed by atoms with van der Waals surface area (Å²) in [7, 11) is 3.12. The van der Waals surface area contributed by atoms with Crippen LogP contribution in [0.15, 0.2) is 59.1 Å². The number of aromatic amines is 1. The van der Waals surface area contributed by atoms with Gasteiger partial charge in [-0.25, -0.2) is 0 Å². The minimum absolute atomic E-state index is 0.00896. The van der Waals surface area contributed by atoms with Gasteiger partial charge in [-0.3, -0.25) is 9.59 Å². The highest BCUT2D eigenvalue weighted by Gasteiger charge is 2.42. The van der Waals surface area contributed by atoms with Crippen molar-refractivity contribution in [1.82, 2.24) is 24.5 Å². The second-order valence-electron chi connectivity index (χ2n) is 13.6. The Bertz CT molecular complexity index is 2150. The number of carbonyl (C=O) groups is 2. The third-order valence-corrected chi connectivity index (χ3v) is 9.68. The highest BCUT2D eigenvalue weighted by molar-refractivity contribution is 6.31. The van der Waals surface area contributed by atoms with Crippen LogP contribution in [0.3, 0.4) is 0 Å². The maximum absolute atomic E-state index is 14.2. The average Bonchev–Trinajstić information content (AvgIpc) is 3.76. The molecule has 5 rings (SSSR count). The summed E-state index contributed by atoms with van der Waals surface area (Å²) in [6.45, 7) is 11.3. The summed E-state index contributed by atoms with van der Waals surface area (Å²) >= 11 is 11.8. The zero-order valence-electron chi connectivity index (χ0n) is 31.6. The van der Waals surface area contributed by atoms with Crippen LogP contribution in [0.4, 0.5) is 26.3 Å². The van der Waals surface area contributed by atoms with E-state index in [0.717, 1.165) is 4.57 Å². The standard InChI is InChI=1S/C22H23ClF3N3O2.C17H18ClF3N2O/c1-12(2)28(5)21(30)19-18(15-6-8-16(23)9-7-15)14(4)20(22(24,25)26)29(19)11-17-10-13(3)27-31-17;1-9(2)23(4)16(24)14-13(11-5-7-12(18)8-6-11)10(3)15(22-14)17(19,20)21/h6-10,12H,11H2,1-5H3;5-9,22H,1-4H3. The number of nitrogens with zero attached hydrogens (tertiary/aromatic N) is 4. The lowest BCUT2D eigenvalue weighted by molar-refractivity contribution is -0.144. The number of hydrogen-bond acceptors (Lipinski definition) is 4. The summed E-state index contributed by atoms with van der Waals surface area (Å²) in [5, 5.41) is 4.67. The molecule has 1 N–H and O–H groups in total. The van der Waals surface area contributed by atoms with Crippen molar-refractivity contribution >= 4 is 35.0 Å². The first-order valence-corrected chi connectivity index (χ1v) is 17.8. The number of aromatic nitrogens is 3. The second-order valence-corrected chi connectivity index (χ2v) is 14.5. The topological polar surface area (TPSA) is 87.4 Å². The molecular formula is C39H41Cl2F6N5O3. The Labute approximate surface area is 325 Å². The molecule has 2 amide bonds. The summed E-state index contributed by atoms with van der Waals surface area (Å²) in [6.07, 6.45) is -9.25. The first kappa shape index (κ1) is 43.0. The van der Waals surface area contributed by atoms with Gasteiger partial charge < -0.3 is 23.9 Å². The van der Waals surface area contributed by atoms with Crippen molar-refractivity contribution in [2.75, 3.05) is 14.1 Å². The molecular weight excluding hydrogens is 771 g/mol. The Kier molecular flexibility index (Phi) is 13.0. The first-order chi connectivity index (χ1) is 25.4. The van der Waals surface area contributed by atoms with Crippen LogP contribution < -0.4 is 0 Å². The van der Waals surface area contributed by atoms with Crippen LogP contribution in [0, 0.1) is 20.8 Å². The normalized spacial score (nSPS) is 11.9.